The third-order valence-electron chi connectivity index (χ3n) is 0.944. The average Bonchev–Trinajstić information content (AvgIpc) is 1.63. The fourth-order valence-corrected chi connectivity index (χ4v) is 0.732. The second-order valence-electron chi connectivity index (χ2n) is 2.41. The van der Waals surface area contributed by atoms with E-state index in [1.165, 1.54) is 0 Å². The first-order valence-corrected chi connectivity index (χ1v) is 4.58. The van der Waals surface area contributed by atoms with E-state index < -0.39 is 11.1 Å². The molecule has 0 aliphatic heterocycles. The predicted molar refractivity (Wildman–Crippen MR) is 39.5 cm³/mol. The zero-order valence-corrected chi connectivity index (χ0v) is 7.03. The predicted octanol–water partition coefficient (Wildman–Crippen LogP) is 1.34. The van der Waals surface area contributed by atoms with Crippen molar-refractivity contribution in [1.82, 2.24) is 0 Å². The van der Waals surface area contributed by atoms with Crippen molar-refractivity contribution in [3.8, 4) is 0 Å². The topological polar surface area (TPSA) is 26.3 Å². The van der Waals surface area contributed by atoms with E-state index in [1.807, 2.05) is 0 Å². The summed E-state index contributed by atoms with van der Waals surface area (Å²) < 4.78 is 15.1. The van der Waals surface area contributed by atoms with Crippen molar-refractivity contribution in [1.29, 1.82) is 0 Å². The molecule has 0 spiro atoms. The van der Waals surface area contributed by atoms with Crippen molar-refractivity contribution in [2.75, 3.05) is 12.9 Å². The maximum Gasteiger partial charge on any atom is 0.152 e. The van der Waals surface area contributed by atoms with E-state index in [1.54, 1.807) is 6.26 Å². The molecule has 9 heavy (non-hydrogen) atoms. The lowest BCUT2D eigenvalue weighted by molar-refractivity contribution is 0.317. The van der Waals surface area contributed by atoms with Gasteiger partial charge in [0.1, 0.15) is 0 Å². The Morgan fingerprint density at radius 1 is 1.56 bits per heavy atom. The lowest BCUT2D eigenvalue weighted by Crippen LogP contribution is -1.99. The van der Waals surface area contributed by atoms with E-state index >= 15 is 0 Å². The highest BCUT2D eigenvalue weighted by Crippen LogP contribution is 1.98. The molecule has 0 aliphatic carbocycles. The average molecular weight is 150 g/mol. The first kappa shape index (κ1) is 9.11. The molecule has 0 aliphatic rings. The molecule has 0 amide bonds. The lowest BCUT2D eigenvalue weighted by atomic mass is 10.2. The Bertz CT molecular complexity index is 91.1. The van der Waals surface area contributed by atoms with Gasteiger partial charge in [-0.05, 0) is 12.3 Å². The van der Waals surface area contributed by atoms with Crippen molar-refractivity contribution in [2.24, 2.45) is 5.92 Å². The molecule has 0 radical (unpaired) electrons. The Morgan fingerprint density at radius 3 is 2.44 bits per heavy atom. The zero-order chi connectivity index (χ0) is 7.28. The largest absolute Gasteiger partial charge is 0.291 e. The van der Waals surface area contributed by atoms with E-state index in [9.17, 15) is 4.21 Å². The van der Waals surface area contributed by atoms with E-state index in [-0.39, 0.29) is 0 Å². The number of rotatable bonds is 4. The van der Waals surface area contributed by atoms with E-state index in [4.69, 9.17) is 4.18 Å². The summed E-state index contributed by atoms with van der Waals surface area (Å²) in [5.74, 6) is 0.633. The summed E-state index contributed by atoms with van der Waals surface area (Å²) in [7, 11) is 0. The second-order valence-corrected chi connectivity index (χ2v) is 3.44. The molecule has 0 rings (SSSR count). The first-order valence-electron chi connectivity index (χ1n) is 3.09. The summed E-state index contributed by atoms with van der Waals surface area (Å²) >= 11 is -1.08. The smallest absolute Gasteiger partial charge is 0.152 e. The van der Waals surface area contributed by atoms with Crippen LogP contribution in [-0.4, -0.2) is 17.1 Å². The SMILES string of the molecule is CC(C)CCOS(C)=O. The molecule has 0 bridgehead atoms. The van der Waals surface area contributed by atoms with Gasteiger partial charge in [0, 0.05) is 6.26 Å². The van der Waals surface area contributed by atoms with Crippen molar-refractivity contribution in [2.45, 2.75) is 20.3 Å². The van der Waals surface area contributed by atoms with Gasteiger partial charge in [-0.25, -0.2) is 4.21 Å². The third kappa shape index (κ3) is 8.11. The van der Waals surface area contributed by atoms with Gasteiger partial charge >= 0.3 is 0 Å². The molecule has 1 unspecified atom stereocenters. The van der Waals surface area contributed by atoms with Crippen LogP contribution in [0.3, 0.4) is 0 Å². The quantitative estimate of drug-likeness (QED) is 0.604. The van der Waals surface area contributed by atoms with Crippen LogP contribution in [0.5, 0.6) is 0 Å². The van der Waals surface area contributed by atoms with Crippen molar-refractivity contribution >= 4 is 11.1 Å². The summed E-state index contributed by atoms with van der Waals surface area (Å²) in [6.45, 7) is 4.84. The molecule has 0 aromatic carbocycles. The fourth-order valence-electron chi connectivity index (χ4n) is 0.401. The Hall–Kier alpha value is 0.110. The normalized spacial score (nSPS) is 14.2. The fraction of sp³-hybridized carbons (Fsp3) is 1.00. The molecular weight excluding hydrogens is 136 g/mol. The van der Waals surface area contributed by atoms with Crippen molar-refractivity contribution in [3.63, 3.8) is 0 Å². The monoisotopic (exact) mass is 150 g/mol. The minimum absolute atomic E-state index is 0.612. The molecule has 0 N–H and O–H groups in total. The van der Waals surface area contributed by atoms with Crippen LogP contribution in [0.25, 0.3) is 0 Å². The summed E-state index contributed by atoms with van der Waals surface area (Å²) in [6.07, 6.45) is 2.53. The minimum Gasteiger partial charge on any atom is -0.291 e. The van der Waals surface area contributed by atoms with Crippen LogP contribution in [0.1, 0.15) is 20.3 Å². The Balaban J connectivity index is 3.01. The second kappa shape index (κ2) is 4.94. The highest BCUT2D eigenvalue weighted by Gasteiger charge is 1.94. The minimum atomic E-state index is -1.08. The molecule has 3 heteroatoms. The molecule has 1 atom stereocenters. The van der Waals surface area contributed by atoms with E-state index in [0.717, 1.165) is 6.42 Å². The van der Waals surface area contributed by atoms with E-state index in [0.29, 0.717) is 12.5 Å². The van der Waals surface area contributed by atoms with Crippen LogP contribution < -0.4 is 0 Å². The molecule has 56 valence electrons. The summed E-state index contributed by atoms with van der Waals surface area (Å²) in [4.78, 5) is 0. The van der Waals surface area contributed by atoms with Gasteiger partial charge in [-0.1, -0.05) is 13.8 Å². The van der Waals surface area contributed by atoms with Crippen molar-refractivity contribution < 1.29 is 8.39 Å². The van der Waals surface area contributed by atoms with Crippen LogP contribution in [0.15, 0.2) is 0 Å². The highest BCUT2D eigenvalue weighted by atomic mass is 32.2. The van der Waals surface area contributed by atoms with Crippen LogP contribution >= 0.6 is 0 Å². The van der Waals surface area contributed by atoms with Crippen LogP contribution in [0.4, 0.5) is 0 Å². The van der Waals surface area contributed by atoms with Gasteiger partial charge in [-0.3, -0.25) is 4.18 Å². The molecule has 0 heterocycles. The van der Waals surface area contributed by atoms with Gasteiger partial charge in [0.2, 0.25) is 0 Å². The Labute approximate surface area is 59.3 Å². The maximum absolute atomic E-state index is 10.3. The lowest BCUT2D eigenvalue weighted by Gasteiger charge is -2.01. The zero-order valence-electron chi connectivity index (χ0n) is 6.22. The van der Waals surface area contributed by atoms with Gasteiger partial charge in [0.15, 0.2) is 11.1 Å². The van der Waals surface area contributed by atoms with Crippen LogP contribution in [-0.2, 0) is 15.3 Å². The molecule has 0 fully saturated rings. The van der Waals surface area contributed by atoms with Gasteiger partial charge < -0.3 is 0 Å². The highest BCUT2D eigenvalue weighted by molar-refractivity contribution is 7.79. The summed E-state index contributed by atoms with van der Waals surface area (Å²) in [6, 6.07) is 0. The van der Waals surface area contributed by atoms with E-state index in [2.05, 4.69) is 13.8 Å². The van der Waals surface area contributed by atoms with Crippen LogP contribution in [0.2, 0.25) is 0 Å². The standard InChI is InChI=1S/C6H14O2S/c1-6(2)4-5-8-9(3)7/h6H,4-5H2,1-3H3. The molecular formula is C6H14O2S. The van der Waals surface area contributed by atoms with Gasteiger partial charge in [-0.15, -0.1) is 0 Å². The van der Waals surface area contributed by atoms with Gasteiger partial charge in [-0.2, -0.15) is 0 Å². The number of hydrogen-bond donors (Lipinski definition) is 0. The Morgan fingerprint density at radius 2 is 2.11 bits per heavy atom. The molecule has 2 nitrogen and oxygen atoms in total. The molecule has 0 saturated heterocycles. The van der Waals surface area contributed by atoms with Crippen molar-refractivity contribution in [3.05, 3.63) is 0 Å². The molecule has 0 aromatic heterocycles. The third-order valence-corrected chi connectivity index (χ3v) is 1.44. The van der Waals surface area contributed by atoms with Gasteiger partial charge in [0.05, 0.1) is 6.61 Å². The van der Waals surface area contributed by atoms with Crippen LogP contribution in [0, 0.1) is 5.92 Å². The summed E-state index contributed by atoms with van der Waals surface area (Å²) in [5.41, 5.74) is 0. The molecule has 0 saturated carbocycles. The van der Waals surface area contributed by atoms with Gasteiger partial charge in [0.25, 0.3) is 0 Å². The first-order chi connectivity index (χ1) is 4.13. The number of hydrogen-bond acceptors (Lipinski definition) is 2. The Kier molecular flexibility index (Phi) is 5.00. The molecule has 0 aromatic rings. The summed E-state index contributed by atoms with van der Waals surface area (Å²) in [5, 5.41) is 0. The maximum atomic E-state index is 10.3.